The lowest BCUT2D eigenvalue weighted by atomic mass is 9.74. The van der Waals surface area contributed by atoms with Crippen LogP contribution in [0.5, 0.6) is 5.75 Å². The molecule has 0 amide bonds. The molecule has 2 aliphatic rings. The van der Waals surface area contributed by atoms with Gasteiger partial charge in [-0.15, -0.1) is 0 Å². The number of aliphatic hydroxyl groups excluding tert-OH is 6. The summed E-state index contributed by atoms with van der Waals surface area (Å²) in [6, 6.07) is 5.69. The first kappa shape index (κ1) is 23.6. The van der Waals surface area contributed by atoms with Crippen LogP contribution in [0.1, 0.15) is 5.56 Å². The highest BCUT2D eigenvalue weighted by Crippen LogP contribution is 2.36. The van der Waals surface area contributed by atoms with Gasteiger partial charge in [0.25, 0.3) is 0 Å². The number of ether oxygens (including phenoxy) is 1. The molecule has 1 aromatic rings. The molecule has 1 aromatic carbocycles. The molecular weight excluding hydrogens is 428 g/mol. The molecule has 11 heteroatoms. The highest BCUT2D eigenvalue weighted by Gasteiger charge is 2.61. The minimum absolute atomic E-state index is 0.00383. The van der Waals surface area contributed by atoms with Gasteiger partial charge in [-0.2, -0.15) is 0 Å². The maximum Gasteiger partial charge on any atom is 0.219 e. The number of rotatable bonds is 4. The fraction of sp³-hybridized carbons (Fsp3) is 0.333. The summed E-state index contributed by atoms with van der Waals surface area (Å²) in [6.45, 7) is -0.871. The lowest BCUT2D eigenvalue weighted by molar-refractivity contribution is -0.260. The van der Waals surface area contributed by atoms with Crippen LogP contribution in [0.2, 0.25) is 0 Å². The Kier molecular flexibility index (Phi) is 6.51. The summed E-state index contributed by atoms with van der Waals surface area (Å²) in [4.78, 5) is 25.5. The van der Waals surface area contributed by atoms with Crippen LogP contribution < -0.4 is 0 Å². The van der Waals surface area contributed by atoms with E-state index in [-0.39, 0.29) is 5.75 Å². The molecule has 6 unspecified atom stereocenters. The summed E-state index contributed by atoms with van der Waals surface area (Å²) in [5.41, 5.74) is -3.56. The fourth-order valence-electron chi connectivity index (χ4n) is 3.53. The van der Waals surface area contributed by atoms with Gasteiger partial charge in [-0.3, -0.25) is 9.59 Å². The normalized spacial score (nSPS) is 35.2. The van der Waals surface area contributed by atoms with Crippen LogP contribution in [0.4, 0.5) is 0 Å². The minimum atomic E-state index is -3.18. The molecule has 172 valence electrons. The van der Waals surface area contributed by atoms with E-state index in [1.54, 1.807) is 0 Å². The monoisotopic (exact) mass is 450 g/mol. The zero-order chi connectivity index (χ0) is 23.8. The number of aromatic hydroxyl groups is 1. The number of phenols is 1. The molecule has 0 spiro atoms. The Morgan fingerprint density at radius 2 is 1.66 bits per heavy atom. The van der Waals surface area contributed by atoms with Crippen LogP contribution >= 0.6 is 0 Å². The van der Waals surface area contributed by atoms with E-state index >= 15 is 0 Å². The first-order valence-electron chi connectivity index (χ1n) is 9.45. The van der Waals surface area contributed by atoms with Crippen molar-refractivity contribution in [2.45, 2.75) is 36.1 Å². The summed E-state index contributed by atoms with van der Waals surface area (Å²) in [7, 11) is 0. The molecule has 1 heterocycles. The quantitative estimate of drug-likeness (QED) is 0.149. The van der Waals surface area contributed by atoms with E-state index < -0.39 is 71.4 Å². The average molecular weight is 450 g/mol. The van der Waals surface area contributed by atoms with Crippen molar-refractivity contribution in [3.8, 4) is 5.75 Å². The van der Waals surface area contributed by atoms with Crippen molar-refractivity contribution in [3.05, 3.63) is 59.1 Å². The highest BCUT2D eigenvalue weighted by atomic mass is 16.6. The molecule has 11 nitrogen and oxygen atoms in total. The van der Waals surface area contributed by atoms with Crippen molar-refractivity contribution in [3.63, 3.8) is 0 Å². The van der Waals surface area contributed by atoms with Gasteiger partial charge in [-0.1, -0.05) is 18.2 Å². The first-order valence-corrected chi connectivity index (χ1v) is 9.45. The molecular formula is C21H22O11. The van der Waals surface area contributed by atoms with Gasteiger partial charge in [-0.05, 0) is 23.8 Å². The van der Waals surface area contributed by atoms with Crippen LogP contribution in [0.15, 0.2) is 53.5 Å². The summed E-state index contributed by atoms with van der Waals surface area (Å²) < 4.78 is 5.16. The van der Waals surface area contributed by atoms with E-state index in [4.69, 9.17) is 4.74 Å². The Morgan fingerprint density at radius 3 is 2.25 bits per heavy atom. The summed E-state index contributed by atoms with van der Waals surface area (Å²) in [5.74, 6) is -4.73. The van der Waals surface area contributed by atoms with Crippen molar-refractivity contribution in [1.29, 1.82) is 0 Å². The molecule has 8 N–H and O–H groups in total. The Bertz CT molecular complexity index is 992. The first-order chi connectivity index (χ1) is 15.0. The van der Waals surface area contributed by atoms with Gasteiger partial charge in [0, 0.05) is 6.08 Å². The second kappa shape index (κ2) is 8.82. The van der Waals surface area contributed by atoms with Gasteiger partial charge in [0.05, 0.1) is 6.61 Å². The zero-order valence-corrected chi connectivity index (χ0v) is 16.4. The average Bonchev–Trinajstić information content (AvgIpc) is 2.76. The number of benzene rings is 1. The number of aliphatic hydroxyl groups is 7. The number of carbonyl (C=O) groups is 2. The molecule has 1 saturated heterocycles. The van der Waals surface area contributed by atoms with Gasteiger partial charge < -0.3 is 45.6 Å². The molecule has 0 saturated carbocycles. The molecule has 1 aliphatic carbocycles. The predicted molar refractivity (Wildman–Crippen MR) is 106 cm³/mol. The summed E-state index contributed by atoms with van der Waals surface area (Å²) in [6.07, 6.45) is -6.81. The predicted octanol–water partition coefficient (Wildman–Crippen LogP) is -1.62. The zero-order valence-electron chi connectivity index (χ0n) is 16.4. The smallest absolute Gasteiger partial charge is 0.219 e. The molecule has 32 heavy (non-hydrogen) atoms. The van der Waals surface area contributed by atoms with Gasteiger partial charge in [0.1, 0.15) is 53.4 Å². The van der Waals surface area contributed by atoms with Crippen LogP contribution in [-0.2, 0) is 14.3 Å². The lowest BCUT2D eigenvalue weighted by Crippen LogP contribution is -2.70. The number of Topliss-reactive ketones (excluding diaryl/α,β-unsaturated/α-hetero) is 1. The molecule has 1 fully saturated rings. The third-order valence-electron chi connectivity index (χ3n) is 5.36. The Hall–Kier alpha value is -3.06. The van der Waals surface area contributed by atoms with Crippen LogP contribution in [-0.4, -0.2) is 95.1 Å². The molecule has 0 bridgehead atoms. The van der Waals surface area contributed by atoms with Crippen molar-refractivity contribution in [2.75, 3.05) is 6.61 Å². The van der Waals surface area contributed by atoms with Gasteiger partial charge in [-0.25, -0.2) is 0 Å². The maximum atomic E-state index is 13.0. The SMILES string of the molecule is O=C1C=C(O)C(=C(O)C=Cc2ccc(O)cc2)C(=O)C1(O)C1OC(CO)C(O)C(O)C1O. The molecule has 0 aromatic heterocycles. The van der Waals surface area contributed by atoms with Crippen molar-refractivity contribution >= 4 is 17.6 Å². The van der Waals surface area contributed by atoms with E-state index in [1.807, 2.05) is 0 Å². The second-order valence-electron chi connectivity index (χ2n) is 7.42. The van der Waals surface area contributed by atoms with E-state index in [0.717, 1.165) is 6.08 Å². The van der Waals surface area contributed by atoms with Gasteiger partial charge in [0.15, 0.2) is 0 Å². The number of phenolic OH excluding ortho intramolecular Hbond substituents is 1. The maximum absolute atomic E-state index is 13.0. The van der Waals surface area contributed by atoms with Crippen LogP contribution in [0.25, 0.3) is 6.08 Å². The second-order valence-corrected chi connectivity index (χ2v) is 7.42. The standard InChI is InChI=1S/C21H22O11/c22-8-13-16(27)17(28)18(29)20(32-13)21(31)14(26)7-12(25)15(19(21)30)11(24)6-3-9-1-4-10(23)5-2-9/h1-7,13,16-18,20,22-25,27-29,31H,8H2. The lowest BCUT2D eigenvalue weighted by Gasteiger charge is -2.45. The molecule has 3 rings (SSSR count). The van der Waals surface area contributed by atoms with Crippen molar-refractivity contribution in [1.82, 2.24) is 0 Å². The number of ketones is 2. The number of hydrogen-bond donors (Lipinski definition) is 8. The van der Waals surface area contributed by atoms with Crippen molar-refractivity contribution < 1.29 is 55.2 Å². The Balaban J connectivity index is 2.02. The van der Waals surface area contributed by atoms with E-state index in [9.17, 15) is 50.4 Å². The topological polar surface area (TPSA) is 205 Å². The largest absolute Gasteiger partial charge is 0.508 e. The van der Waals surface area contributed by atoms with Crippen LogP contribution in [0.3, 0.4) is 0 Å². The highest BCUT2D eigenvalue weighted by molar-refractivity contribution is 6.25. The van der Waals surface area contributed by atoms with E-state index in [0.29, 0.717) is 11.6 Å². The van der Waals surface area contributed by atoms with Gasteiger partial charge >= 0.3 is 0 Å². The molecule has 1 aliphatic heterocycles. The Labute approximate surface area is 181 Å². The minimum Gasteiger partial charge on any atom is -0.508 e. The summed E-state index contributed by atoms with van der Waals surface area (Å²) >= 11 is 0. The molecule has 0 radical (unpaired) electrons. The number of carbonyl (C=O) groups excluding carboxylic acids is 2. The third kappa shape index (κ3) is 3.93. The van der Waals surface area contributed by atoms with Crippen molar-refractivity contribution in [2.24, 2.45) is 0 Å². The number of hydrogen-bond acceptors (Lipinski definition) is 11. The van der Waals surface area contributed by atoms with E-state index in [1.165, 1.54) is 30.3 Å². The number of allylic oxidation sites excluding steroid dienone is 2. The van der Waals surface area contributed by atoms with Crippen LogP contribution in [0, 0.1) is 0 Å². The summed E-state index contributed by atoms with van der Waals surface area (Å²) in [5, 5.41) is 80.2. The van der Waals surface area contributed by atoms with Gasteiger partial charge in [0.2, 0.25) is 17.2 Å². The van der Waals surface area contributed by atoms with E-state index in [2.05, 4.69) is 0 Å². The Morgan fingerprint density at radius 1 is 1.03 bits per heavy atom. The third-order valence-corrected chi connectivity index (χ3v) is 5.36. The molecule has 6 atom stereocenters. The fourth-order valence-corrected chi connectivity index (χ4v) is 3.53.